The van der Waals surface area contributed by atoms with Gasteiger partial charge in [-0.25, -0.2) is 19.9 Å². The number of halogens is 5. The van der Waals surface area contributed by atoms with Crippen LogP contribution in [0.15, 0.2) is 78.7 Å². The van der Waals surface area contributed by atoms with Gasteiger partial charge in [0.2, 0.25) is 0 Å². The second-order valence-electron chi connectivity index (χ2n) is 16.4. The number of rotatable bonds is 3. The molecule has 0 atom stereocenters. The van der Waals surface area contributed by atoms with Gasteiger partial charge in [-0.3, -0.25) is 42.7 Å². The average Bonchev–Trinajstić information content (AvgIpc) is 3.84. The molecule has 25 nitrogen and oxygen atoms in total. The maximum Gasteiger partial charge on any atom is 0.276 e. The molecule has 0 bridgehead atoms. The van der Waals surface area contributed by atoms with Crippen LogP contribution >= 0.6 is 66.7 Å². The molecule has 0 saturated carbocycles. The number of hydrogen-bond donors (Lipinski definition) is 6. The fourth-order valence-corrected chi connectivity index (χ4v) is 9.90. The smallest absolute Gasteiger partial charge is 0.276 e. The standard InChI is InChI=1S/C16H14ClN7O2.C12H10BrClN4O2.C6H4BrClN2O2.C6H8N2O.C4H5N3/c17-10-7-11(21-12-1-4-19-9-20-12)15(26)24-13(10)14(25)22-16(24)2-5-23(8-18)6-3-16;13-7-5-8(14)9-10(19)16-12(18(9)11(7)20)1-3-17(6-15)4-2-12;7-2-1-3(8)4(5(9)11)10-6(2)12;7-5-8-3-1-6(9)2-4-8;5-4-1-2-6-3-7-4/h1,4,7,9H,2-3,5-6H2,(H,22,25)(H,19,20,21);5H,1-4H2,(H,16,19);1H,(H2,9,11)(H,10,12);1-4H2;1-3H,(H2,5,6,7). The maximum absolute atomic E-state index is 13.1. The molecule has 0 unspecified atom stereocenters. The van der Waals surface area contributed by atoms with E-state index >= 15 is 0 Å². The average molecular weight is 1200 g/mol. The summed E-state index contributed by atoms with van der Waals surface area (Å²) in [5.74, 6) is -0.253. The molecular weight excluding hydrogens is 1160 g/mol. The molecule has 384 valence electrons. The molecule has 0 aliphatic carbocycles. The Balaban J connectivity index is 0.000000163. The van der Waals surface area contributed by atoms with Crippen molar-refractivity contribution < 1.29 is 19.2 Å². The maximum atomic E-state index is 13.1. The third kappa shape index (κ3) is 12.8. The van der Waals surface area contributed by atoms with Gasteiger partial charge in [0.05, 0.1) is 24.0 Å². The first-order valence-corrected chi connectivity index (χ1v) is 24.6. The van der Waals surface area contributed by atoms with E-state index in [1.165, 1.54) is 40.0 Å². The number of hydrogen-bond acceptors (Lipinski definition) is 19. The number of nitrogens with zero attached hydrogens (tertiary/aromatic N) is 12. The first-order chi connectivity index (χ1) is 35.3. The number of nitrogens with one attached hydrogen (secondary N) is 4. The van der Waals surface area contributed by atoms with Crippen molar-refractivity contribution in [2.75, 3.05) is 50.3 Å². The Morgan fingerprint density at radius 2 is 1.15 bits per heavy atom. The zero-order valence-corrected chi connectivity index (χ0v) is 43.9. The van der Waals surface area contributed by atoms with Gasteiger partial charge in [-0.05, 0) is 62.2 Å². The molecular formula is C44H41Br2Cl3N18O7. The number of nitrogens with two attached hydrogens (primary N) is 2. The van der Waals surface area contributed by atoms with Crippen LogP contribution < -0.4 is 44.1 Å². The summed E-state index contributed by atoms with van der Waals surface area (Å²) < 4.78 is 3.45. The highest BCUT2D eigenvalue weighted by Crippen LogP contribution is 2.37. The Bertz CT molecular complexity index is 3260. The Morgan fingerprint density at radius 3 is 1.59 bits per heavy atom. The van der Waals surface area contributed by atoms with Gasteiger partial charge in [-0.15, -0.1) is 0 Å². The molecule has 3 fully saturated rings. The Morgan fingerprint density at radius 1 is 0.676 bits per heavy atom. The third-order valence-electron chi connectivity index (χ3n) is 11.8. The van der Waals surface area contributed by atoms with Gasteiger partial charge >= 0.3 is 0 Å². The number of aromatic nitrogens is 7. The summed E-state index contributed by atoms with van der Waals surface area (Å²) in [4.78, 5) is 104. The topological polar surface area (TPSA) is 366 Å². The lowest BCUT2D eigenvalue weighted by molar-refractivity contribution is -0.120. The highest BCUT2D eigenvalue weighted by Gasteiger charge is 2.48. The minimum atomic E-state index is -0.871. The normalized spacial score (nSPS) is 16.2. The highest BCUT2D eigenvalue weighted by atomic mass is 79.9. The number of pyridine rings is 3. The number of nitriles is 3. The van der Waals surface area contributed by atoms with Crippen molar-refractivity contribution >= 4 is 107 Å². The van der Waals surface area contributed by atoms with E-state index in [4.69, 9.17) is 62.1 Å². The van der Waals surface area contributed by atoms with Crippen molar-refractivity contribution in [3.8, 4) is 18.6 Å². The number of H-pyrrole nitrogens is 1. The lowest BCUT2D eigenvalue weighted by Gasteiger charge is -2.38. The molecule has 5 aliphatic rings. The van der Waals surface area contributed by atoms with Gasteiger partial charge in [0.25, 0.3) is 34.4 Å². The molecule has 5 aromatic rings. The molecule has 5 aliphatic heterocycles. The van der Waals surface area contributed by atoms with E-state index in [1.54, 1.807) is 39.2 Å². The number of Topliss-reactive ketones (excluding diaryl/α,β-unsaturated/α-hetero) is 1. The number of likely N-dealkylation sites (tertiary alicyclic amines) is 3. The fraction of sp³-hybridized carbons (Fsp3) is 0.318. The molecule has 5 aromatic heterocycles. The minimum absolute atomic E-state index is 0.0788. The van der Waals surface area contributed by atoms with E-state index in [1.807, 2.05) is 6.19 Å². The van der Waals surface area contributed by atoms with E-state index in [2.05, 4.69) is 85.1 Å². The van der Waals surface area contributed by atoms with E-state index in [-0.39, 0.29) is 71.0 Å². The van der Waals surface area contributed by atoms with Crippen LogP contribution in [0.25, 0.3) is 0 Å². The first-order valence-electron chi connectivity index (χ1n) is 21.9. The van der Waals surface area contributed by atoms with E-state index in [0.717, 1.165) is 0 Å². The molecule has 3 amide bonds. The number of ketones is 1. The van der Waals surface area contributed by atoms with Crippen molar-refractivity contribution in [2.24, 2.45) is 5.73 Å². The molecule has 74 heavy (non-hydrogen) atoms. The molecule has 8 N–H and O–H groups in total. The molecule has 0 radical (unpaired) electrons. The predicted octanol–water partition coefficient (Wildman–Crippen LogP) is 3.33. The van der Waals surface area contributed by atoms with Crippen LogP contribution in [0.3, 0.4) is 0 Å². The van der Waals surface area contributed by atoms with Crippen molar-refractivity contribution in [3.63, 3.8) is 0 Å². The second kappa shape index (κ2) is 24.4. The second-order valence-corrected chi connectivity index (χ2v) is 19.3. The Kier molecular flexibility index (Phi) is 18.4. The summed E-state index contributed by atoms with van der Waals surface area (Å²) in [7, 11) is 0. The van der Waals surface area contributed by atoms with Crippen LogP contribution in [-0.2, 0) is 16.1 Å². The van der Waals surface area contributed by atoms with Gasteiger partial charge in [0.15, 0.2) is 18.6 Å². The zero-order valence-electron chi connectivity index (χ0n) is 38.5. The van der Waals surface area contributed by atoms with Crippen molar-refractivity contribution in [3.05, 3.63) is 128 Å². The Hall–Kier alpha value is -7.61. The summed E-state index contributed by atoms with van der Waals surface area (Å²) in [5, 5.41) is 35.5. The van der Waals surface area contributed by atoms with Gasteiger partial charge < -0.3 is 47.1 Å². The van der Waals surface area contributed by atoms with Gasteiger partial charge in [0.1, 0.15) is 64.2 Å². The monoisotopic (exact) mass is 1200 g/mol. The molecule has 10 heterocycles. The summed E-state index contributed by atoms with van der Waals surface area (Å²) in [6.07, 6.45) is 15.1. The van der Waals surface area contributed by atoms with Crippen molar-refractivity contribution in [2.45, 2.75) is 49.9 Å². The molecule has 2 spiro atoms. The number of primary amides is 1. The predicted molar refractivity (Wildman–Crippen MR) is 274 cm³/mol. The van der Waals surface area contributed by atoms with Crippen molar-refractivity contribution in [1.29, 1.82) is 15.8 Å². The SMILES string of the molecule is N#CN1CCC(=O)CC1.N#CN1CCC2(CC1)NC(=O)c1c(Cl)cc(Br)c(=O)n12.N#CN1CCC2(CC1)NC(=O)c1c(Cl)cc(Nc3ccncn3)c(=O)n12.NC(=O)c1[nH]c(=O)c(Br)cc1Cl.Nc1ccncn1. The summed E-state index contributed by atoms with van der Waals surface area (Å²) in [6, 6.07) is 7.45. The van der Waals surface area contributed by atoms with Crippen LogP contribution in [0.4, 0.5) is 17.3 Å². The molecule has 0 aromatic carbocycles. The number of nitrogen functional groups attached to an aromatic ring is 1. The number of amides is 3. The number of carbonyl (C=O) groups excluding carboxylic acids is 4. The molecule has 3 saturated heterocycles. The van der Waals surface area contributed by atoms with E-state index < -0.39 is 22.8 Å². The number of piperidine rings is 3. The van der Waals surface area contributed by atoms with Crippen molar-refractivity contribution in [1.82, 2.24) is 59.4 Å². The number of anilines is 3. The van der Waals surface area contributed by atoms with Gasteiger partial charge in [0, 0.05) is 90.2 Å². The van der Waals surface area contributed by atoms with E-state index in [0.29, 0.717) is 93.9 Å². The molecule has 10 rings (SSSR count). The minimum Gasteiger partial charge on any atom is -0.384 e. The van der Waals surface area contributed by atoms with Gasteiger partial charge in [-0.1, -0.05) is 34.8 Å². The summed E-state index contributed by atoms with van der Waals surface area (Å²) in [6.45, 7) is 3.12. The van der Waals surface area contributed by atoms with E-state index in [9.17, 15) is 33.6 Å². The number of carbonyl (C=O) groups is 4. The fourth-order valence-electron chi connectivity index (χ4n) is 8.09. The highest BCUT2D eigenvalue weighted by molar-refractivity contribution is 9.10. The van der Waals surface area contributed by atoms with Crippen LogP contribution in [0.2, 0.25) is 15.1 Å². The first kappa shape index (κ1) is 55.7. The lowest BCUT2D eigenvalue weighted by atomic mass is 9.97. The summed E-state index contributed by atoms with van der Waals surface area (Å²) in [5.41, 5.74) is 7.88. The zero-order chi connectivity index (χ0) is 53.9. The van der Waals surface area contributed by atoms with Crippen LogP contribution in [0.5, 0.6) is 0 Å². The van der Waals surface area contributed by atoms with Crippen LogP contribution in [0.1, 0.15) is 70.0 Å². The number of fused-ring (bicyclic) bond motifs is 4. The Labute approximate surface area is 451 Å². The van der Waals surface area contributed by atoms with Crippen LogP contribution in [0, 0.1) is 34.4 Å². The summed E-state index contributed by atoms with van der Waals surface area (Å²) >= 11 is 24.1. The van der Waals surface area contributed by atoms with Crippen LogP contribution in [-0.4, -0.2) is 112 Å². The third-order valence-corrected chi connectivity index (χ3v) is 13.8. The van der Waals surface area contributed by atoms with Gasteiger partial charge in [-0.2, -0.15) is 15.8 Å². The lowest BCUT2D eigenvalue weighted by Crippen LogP contribution is -2.53. The largest absolute Gasteiger partial charge is 0.384 e. The quantitative estimate of drug-likeness (QED) is 0.141. The number of aromatic amines is 1. The molecule has 30 heteroatoms.